The van der Waals surface area contributed by atoms with Gasteiger partial charge in [-0.3, -0.25) is 0 Å². The largest absolute Gasteiger partial charge is 0.378 e. The second-order valence-corrected chi connectivity index (χ2v) is 5.91. The number of ether oxygens (including phenoxy) is 1. The van der Waals surface area contributed by atoms with Crippen LogP contribution in [0.25, 0.3) is 5.65 Å². The van der Waals surface area contributed by atoms with Gasteiger partial charge >= 0.3 is 5.82 Å². The van der Waals surface area contributed by atoms with Crippen LogP contribution >= 0.6 is 0 Å². The summed E-state index contributed by atoms with van der Waals surface area (Å²) in [6.45, 7) is 3.28. The Bertz CT molecular complexity index is 935. The molecule has 0 saturated carbocycles. The van der Waals surface area contributed by atoms with Gasteiger partial charge in [0.25, 0.3) is 0 Å². The minimum atomic E-state index is -0.422. The number of anilines is 2. The summed E-state index contributed by atoms with van der Waals surface area (Å²) in [5.41, 5.74) is 1.49. The summed E-state index contributed by atoms with van der Waals surface area (Å²) in [6, 6.07) is 9.10. The lowest BCUT2D eigenvalue weighted by Crippen LogP contribution is -2.37. The zero-order valence-corrected chi connectivity index (χ0v) is 14.0. The van der Waals surface area contributed by atoms with Crippen molar-refractivity contribution in [2.75, 3.05) is 36.5 Å². The van der Waals surface area contributed by atoms with Crippen LogP contribution in [0, 0.1) is 10.1 Å². The van der Waals surface area contributed by atoms with Gasteiger partial charge in [-0.2, -0.15) is 9.38 Å². The molecule has 4 heterocycles. The Morgan fingerprint density at radius 3 is 2.88 bits per heavy atom. The smallest absolute Gasteiger partial charge is 0.372 e. The van der Waals surface area contributed by atoms with E-state index < -0.39 is 4.92 Å². The van der Waals surface area contributed by atoms with Gasteiger partial charge in [0.1, 0.15) is 5.82 Å². The third-order valence-electron chi connectivity index (χ3n) is 4.30. The second-order valence-electron chi connectivity index (χ2n) is 5.91. The summed E-state index contributed by atoms with van der Waals surface area (Å²) in [7, 11) is 0. The third kappa shape index (κ3) is 3.04. The summed E-state index contributed by atoms with van der Waals surface area (Å²) in [5.74, 6) is 1.05. The van der Waals surface area contributed by atoms with Gasteiger partial charge in [-0.05, 0) is 17.1 Å². The number of fused-ring (bicyclic) bond motifs is 1. The number of nitrogens with zero attached hydrogens (tertiary/aromatic N) is 5. The van der Waals surface area contributed by atoms with Gasteiger partial charge in [-0.25, -0.2) is 4.98 Å². The molecule has 0 aliphatic carbocycles. The van der Waals surface area contributed by atoms with E-state index in [4.69, 9.17) is 4.74 Å². The zero-order chi connectivity index (χ0) is 17.9. The molecule has 0 bridgehead atoms. The topological polar surface area (TPSA) is 97.8 Å². The van der Waals surface area contributed by atoms with Crippen LogP contribution < -0.4 is 10.2 Å². The molecule has 9 nitrogen and oxygen atoms in total. The Morgan fingerprint density at radius 2 is 2.08 bits per heavy atom. The molecule has 0 atom stereocenters. The lowest BCUT2D eigenvalue weighted by molar-refractivity contribution is -0.389. The molecule has 1 N–H and O–H groups in total. The van der Waals surface area contributed by atoms with Crippen LogP contribution in [0.15, 0.2) is 42.7 Å². The average molecular weight is 354 g/mol. The van der Waals surface area contributed by atoms with Crippen molar-refractivity contribution >= 4 is 23.1 Å². The van der Waals surface area contributed by atoms with Crippen molar-refractivity contribution in [1.82, 2.24) is 14.4 Å². The SMILES string of the molecule is O=[N+]([O-])c1c(NCc2cccnc2N2CCOCC2)nc2ccccn12. The molecule has 0 amide bonds. The van der Waals surface area contributed by atoms with Crippen molar-refractivity contribution in [3.05, 3.63) is 58.4 Å². The Hall–Kier alpha value is -3.20. The predicted molar refractivity (Wildman–Crippen MR) is 96.4 cm³/mol. The van der Waals surface area contributed by atoms with E-state index in [1.165, 1.54) is 4.40 Å². The van der Waals surface area contributed by atoms with Crippen LogP contribution in [0.4, 0.5) is 17.5 Å². The summed E-state index contributed by atoms with van der Waals surface area (Å²) in [6.07, 6.45) is 3.39. The maximum absolute atomic E-state index is 11.5. The van der Waals surface area contributed by atoms with Crippen molar-refractivity contribution in [2.24, 2.45) is 0 Å². The number of hydrogen-bond donors (Lipinski definition) is 1. The van der Waals surface area contributed by atoms with Crippen LogP contribution in [0.2, 0.25) is 0 Å². The number of nitro groups is 1. The molecule has 1 saturated heterocycles. The number of rotatable bonds is 5. The molecule has 0 spiro atoms. The first kappa shape index (κ1) is 16.3. The van der Waals surface area contributed by atoms with Crippen molar-refractivity contribution < 1.29 is 9.66 Å². The number of nitrogens with one attached hydrogen (secondary N) is 1. The fourth-order valence-electron chi connectivity index (χ4n) is 3.08. The number of hydrogen-bond acceptors (Lipinski definition) is 7. The van der Waals surface area contributed by atoms with Crippen molar-refractivity contribution in [3.8, 4) is 0 Å². The molecule has 1 aliphatic rings. The van der Waals surface area contributed by atoms with Crippen molar-refractivity contribution in [1.29, 1.82) is 0 Å². The minimum Gasteiger partial charge on any atom is -0.378 e. The standard InChI is InChI=1S/C17H18N6O3/c24-23(25)17-15(20-14-5-1-2-7-22(14)17)19-12-13-4-3-6-18-16(13)21-8-10-26-11-9-21/h1-7,19H,8-12H2. The van der Waals surface area contributed by atoms with Crippen molar-refractivity contribution in [2.45, 2.75) is 6.54 Å². The van der Waals surface area contributed by atoms with E-state index >= 15 is 0 Å². The molecule has 134 valence electrons. The summed E-state index contributed by atoms with van der Waals surface area (Å²) < 4.78 is 6.86. The molecular weight excluding hydrogens is 336 g/mol. The predicted octanol–water partition coefficient (Wildman–Crippen LogP) is 2.09. The molecule has 4 rings (SSSR count). The van der Waals surface area contributed by atoms with E-state index in [0.717, 1.165) is 24.5 Å². The van der Waals surface area contributed by atoms with Gasteiger partial charge in [0.2, 0.25) is 11.5 Å². The van der Waals surface area contributed by atoms with Gasteiger partial charge in [-0.15, -0.1) is 0 Å². The summed E-state index contributed by atoms with van der Waals surface area (Å²) in [5, 5.41) is 14.6. The molecular formula is C17H18N6O3. The van der Waals surface area contributed by atoms with Gasteiger partial charge in [0.15, 0.2) is 0 Å². The fraction of sp³-hybridized carbons (Fsp3) is 0.294. The van der Waals surface area contributed by atoms with Gasteiger partial charge in [-0.1, -0.05) is 12.1 Å². The van der Waals surface area contributed by atoms with Crippen molar-refractivity contribution in [3.63, 3.8) is 0 Å². The highest BCUT2D eigenvalue weighted by molar-refractivity contribution is 5.62. The maximum atomic E-state index is 11.5. The van der Waals surface area contributed by atoms with Gasteiger partial charge in [0.05, 0.1) is 19.4 Å². The molecule has 9 heteroatoms. The van der Waals surface area contributed by atoms with E-state index in [0.29, 0.717) is 25.4 Å². The number of morpholine rings is 1. The molecule has 0 unspecified atom stereocenters. The fourth-order valence-corrected chi connectivity index (χ4v) is 3.08. The molecule has 3 aromatic heterocycles. The van der Waals surface area contributed by atoms with Gasteiger partial charge < -0.3 is 25.1 Å². The first-order chi connectivity index (χ1) is 12.7. The van der Waals surface area contributed by atoms with E-state index in [2.05, 4.69) is 20.2 Å². The number of imidazole rings is 1. The highest BCUT2D eigenvalue weighted by Crippen LogP contribution is 2.27. The zero-order valence-electron chi connectivity index (χ0n) is 14.0. The monoisotopic (exact) mass is 354 g/mol. The molecule has 1 fully saturated rings. The molecule has 0 radical (unpaired) electrons. The van der Waals surface area contributed by atoms with Gasteiger partial charge in [0, 0.05) is 37.5 Å². The molecule has 26 heavy (non-hydrogen) atoms. The quantitative estimate of drug-likeness (QED) is 0.553. The lowest BCUT2D eigenvalue weighted by atomic mass is 10.2. The second kappa shape index (κ2) is 6.96. The first-order valence-corrected chi connectivity index (χ1v) is 8.36. The van der Waals surface area contributed by atoms with Crippen LogP contribution in [0.5, 0.6) is 0 Å². The van der Waals surface area contributed by atoms with Crippen LogP contribution in [-0.4, -0.2) is 45.6 Å². The van der Waals surface area contributed by atoms with E-state index in [1.807, 2.05) is 12.1 Å². The molecule has 3 aromatic rings. The Kier molecular flexibility index (Phi) is 4.36. The maximum Gasteiger partial charge on any atom is 0.372 e. The van der Waals surface area contributed by atoms with E-state index in [-0.39, 0.29) is 11.6 Å². The van der Waals surface area contributed by atoms with Crippen LogP contribution in [0.1, 0.15) is 5.56 Å². The Morgan fingerprint density at radius 1 is 1.23 bits per heavy atom. The Labute approximate surface area is 149 Å². The number of aromatic nitrogens is 3. The summed E-state index contributed by atoms with van der Waals surface area (Å²) in [4.78, 5) is 22.1. The molecule has 0 aromatic carbocycles. The van der Waals surface area contributed by atoms with E-state index in [9.17, 15) is 10.1 Å². The van der Waals surface area contributed by atoms with E-state index in [1.54, 1.807) is 30.6 Å². The molecule has 1 aliphatic heterocycles. The van der Waals surface area contributed by atoms with Crippen LogP contribution in [0.3, 0.4) is 0 Å². The average Bonchev–Trinajstić information content (AvgIpc) is 3.06. The summed E-state index contributed by atoms with van der Waals surface area (Å²) >= 11 is 0. The normalized spacial score (nSPS) is 14.5. The minimum absolute atomic E-state index is 0.0718. The van der Waals surface area contributed by atoms with Crippen LogP contribution in [-0.2, 0) is 11.3 Å². The highest BCUT2D eigenvalue weighted by atomic mass is 16.6. The third-order valence-corrected chi connectivity index (χ3v) is 4.30. The Balaban J connectivity index is 1.61. The lowest BCUT2D eigenvalue weighted by Gasteiger charge is -2.29. The first-order valence-electron chi connectivity index (χ1n) is 8.36. The number of pyridine rings is 2. The highest BCUT2D eigenvalue weighted by Gasteiger charge is 2.23.